The Kier molecular flexibility index (Phi) is 7.34. The molecule has 142 valence electrons. The quantitative estimate of drug-likeness (QED) is 0.282. The number of non-ortho nitro benzene ring substituents is 1. The van der Waals surface area contributed by atoms with Crippen LogP contribution in [0.1, 0.15) is 25.3 Å². The molecule has 9 nitrogen and oxygen atoms in total. The number of nitrogens with zero attached hydrogens (tertiary/aromatic N) is 3. The van der Waals surface area contributed by atoms with E-state index in [1.807, 2.05) is 17.9 Å². The summed E-state index contributed by atoms with van der Waals surface area (Å²) in [6.07, 6.45) is 1.79. The molecule has 0 saturated carbocycles. The molecule has 1 aromatic carbocycles. The molecular formula is C17H26N6O3. The molecule has 0 spiro atoms. The van der Waals surface area contributed by atoms with Gasteiger partial charge in [0.15, 0.2) is 5.96 Å². The number of nitro groups is 1. The summed E-state index contributed by atoms with van der Waals surface area (Å²) >= 11 is 0. The summed E-state index contributed by atoms with van der Waals surface area (Å²) in [4.78, 5) is 28.0. The third kappa shape index (κ3) is 6.32. The minimum absolute atomic E-state index is 0.0671. The number of carbonyl (C=O) groups excluding carboxylic acids is 1. The Balaban J connectivity index is 1.92. The minimum Gasteiger partial charge on any atom is -0.369 e. The van der Waals surface area contributed by atoms with Gasteiger partial charge in [-0.1, -0.05) is 12.1 Å². The zero-order chi connectivity index (χ0) is 18.9. The largest absolute Gasteiger partial charge is 0.369 e. The molecule has 0 aromatic heterocycles. The molecule has 1 aliphatic heterocycles. The maximum atomic E-state index is 11.0. The average molecular weight is 362 g/mol. The number of hydrogen-bond acceptors (Lipinski definition) is 5. The molecule has 1 aromatic rings. The fraction of sp³-hybridized carbons (Fsp3) is 0.529. The van der Waals surface area contributed by atoms with Crippen molar-refractivity contribution in [1.29, 1.82) is 0 Å². The Labute approximate surface area is 152 Å². The molecular weight excluding hydrogens is 336 g/mol. The Morgan fingerprint density at radius 2 is 2.15 bits per heavy atom. The number of nitrogens with one attached hydrogen (secondary N) is 2. The van der Waals surface area contributed by atoms with Crippen LogP contribution >= 0.6 is 0 Å². The number of primary amides is 1. The van der Waals surface area contributed by atoms with Crippen molar-refractivity contribution in [1.82, 2.24) is 15.5 Å². The van der Waals surface area contributed by atoms with E-state index >= 15 is 0 Å². The lowest BCUT2D eigenvalue weighted by Crippen LogP contribution is -2.49. The normalized spacial score (nSPS) is 16.3. The van der Waals surface area contributed by atoms with Gasteiger partial charge in [-0.05, 0) is 25.3 Å². The van der Waals surface area contributed by atoms with E-state index in [9.17, 15) is 14.9 Å². The lowest BCUT2D eigenvalue weighted by molar-refractivity contribution is -0.384. The minimum atomic E-state index is -0.406. The van der Waals surface area contributed by atoms with Crippen molar-refractivity contribution < 1.29 is 9.72 Å². The van der Waals surface area contributed by atoms with Crippen LogP contribution in [0.5, 0.6) is 0 Å². The zero-order valence-corrected chi connectivity index (χ0v) is 15.0. The van der Waals surface area contributed by atoms with Crippen LogP contribution in [0.4, 0.5) is 5.69 Å². The fourth-order valence-electron chi connectivity index (χ4n) is 2.91. The molecule has 1 heterocycles. The predicted octanol–water partition coefficient (Wildman–Crippen LogP) is 0.600. The first-order chi connectivity index (χ1) is 12.5. The molecule has 4 N–H and O–H groups in total. The Bertz CT molecular complexity index is 656. The first-order valence-corrected chi connectivity index (χ1v) is 8.76. The van der Waals surface area contributed by atoms with E-state index in [4.69, 9.17) is 5.73 Å². The standard InChI is InChI=1S/C17H26N6O3/c1-2-19-17(20-11-13-4-3-5-15(10-13)23(25)26)21-14-6-8-22(9-7-14)12-16(18)24/h3-5,10,14H,2,6-9,11-12H2,1H3,(H2,18,24)(H2,19,20,21). The van der Waals surface area contributed by atoms with Crippen molar-refractivity contribution in [2.24, 2.45) is 10.7 Å². The van der Waals surface area contributed by atoms with Crippen molar-refractivity contribution >= 4 is 17.6 Å². The van der Waals surface area contributed by atoms with Gasteiger partial charge in [-0.2, -0.15) is 0 Å². The Morgan fingerprint density at radius 3 is 2.77 bits per heavy atom. The van der Waals surface area contributed by atoms with E-state index in [1.165, 1.54) is 12.1 Å². The van der Waals surface area contributed by atoms with Gasteiger partial charge in [0, 0.05) is 37.8 Å². The number of amides is 1. The first kappa shape index (κ1) is 19.6. The maximum absolute atomic E-state index is 11.0. The predicted molar refractivity (Wildman–Crippen MR) is 99.7 cm³/mol. The number of likely N-dealkylation sites (tertiary alicyclic amines) is 1. The Hall–Kier alpha value is -2.68. The van der Waals surface area contributed by atoms with Gasteiger partial charge in [0.25, 0.3) is 5.69 Å². The highest BCUT2D eigenvalue weighted by molar-refractivity contribution is 5.80. The van der Waals surface area contributed by atoms with Gasteiger partial charge >= 0.3 is 0 Å². The molecule has 0 aliphatic carbocycles. The highest BCUT2D eigenvalue weighted by Gasteiger charge is 2.20. The van der Waals surface area contributed by atoms with E-state index in [2.05, 4.69) is 15.6 Å². The van der Waals surface area contributed by atoms with Crippen molar-refractivity contribution in [3.05, 3.63) is 39.9 Å². The molecule has 26 heavy (non-hydrogen) atoms. The molecule has 9 heteroatoms. The SMILES string of the molecule is CCNC(=NCc1cccc([N+](=O)[O-])c1)NC1CCN(CC(N)=O)CC1. The van der Waals surface area contributed by atoms with Gasteiger partial charge in [0.05, 0.1) is 18.0 Å². The summed E-state index contributed by atoms with van der Waals surface area (Å²) in [5.74, 6) is 0.385. The first-order valence-electron chi connectivity index (χ1n) is 8.76. The maximum Gasteiger partial charge on any atom is 0.269 e. The zero-order valence-electron chi connectivity index (χ0n) is 15.0. The van der Waals surface area contributed by atoms with Crippen LogP contribution in [0.15, 0.2) is 29.3 Å². The van der Waals surface area contributed by atoms with Crippen molar-refractivity contribution in [3.8, 4) is 0 Å². The smallest absolute Gasteiger partial charge is 0.269 e. The molecule has 1 amide bonds. The number of benzene rings is 1. The van der Waals surface area contributed by atoms with Crippen molar-refractivity contribution in [2.75, 3.05) is 26.2 Å². The van der Waals surface area contributed by atoms with Crippen LogP contribution in [0.25, 0.3) is 0 Å². The summed E-state index contributed by atoms with van der Waals surface area (Å²) in [5.41, 5.74) is 6.09. The molecule has 0 unspecified atom stereocenters. The Morgan fingerprint density at radius 1 is 1.42 bits per heavy atom. The number of nitrogens with two attached hydrogens (primary N) is 1. The molecule has 0 atom stereocenters. The van der Waals surface area contributed by atoms with Gasteiger partial charge in [0.1, 0.15) is 0 Å². The van der Waals surface area contributed by atoms with Crippen LogP contribution in [0.3, 0.4) is 0 Å². The molecule has 1 saturated heterocycles. The van der Waals surface area contributed by atoms with E-state index in [-0.39, 0.29) is 17.6 Å². The van der Waals surface area contributed by atoms with Gasteiger partial charge in [-0.25, -0.2) is 4.99 Å². The van der Waals surface area contributed by atoms with Crippen molar-refractivity contribution in [3.63, 3.8) is 0 Å². The second-order valence-electron chi connectivity index (χ2n) is 6.28. The number of rotatable bonds is 7. The monoisotopic (exact) mass is 362 g/mol. The summed E-state index contributed by atoms with van der Waals surface area (Å²) in [5, 5.41) is 17.5. The molecule has 0 radical (unpaired) electrons. The average Bonchev–Trinajstić information content (AvgIpc) is 2.61. The van der Waals surface area contributed by atoms with E-state index < -0.39 is 4.92 Å². The fourth-order valence-corrected chi connectivity index (χ4v) is 2.91. The molecule has 0 bridgehead atoms. The van der Waals surface area contributed by atoms with E-state index in [1.54, 1.807) is 6.07 Å². The number of piperidine rings is 1. The summed E-state index contributed by atoms with van der Waals surface area (Å²) in [7, 11) is 0. The van der Waals surface area contributed by atoms with E-state index in [0.717, 1.165) is 38.0 Å². The van der Waals surface area contributed by atoms with Crippen molar-refractivity contribution in [2.45, 2.75) is 32.4 Å². The van der Waals surface area contributed by atoms with Gasteiger partial charge in [-0.15, -0.1) is 0 Å². The van der Waals surface area contributed by atoms with Crippen LogP contribution < -0.4 is 16.4 Å². The summed E-state index contributed by atoms with van der Waals surface area (Å²) < 4.78 is 0. The number of hydrogen-bond donors (Lipinski definition) is 3. The number of carbonyl (C=O) groups is 1. The highest BCUT2D eigenvalue weighted by Crippen LogP contribution is 2.14. The third-order valence-corrected chi connectivity index (χ3v) is 4.19. The van der Waals surface area contributed by atoms with Gasteiger partial charge in [0.2, 0.25) is 5.91 Å². The number of nitro benzene ring substituents is 1. The second-order valence-corrected chi connectivity index (χ2v) is 6.28. The second kappa shape index (κ2) is 9.71. The highest BCUT2D eigenvalue weighted by atomic mass is 16.6. The lowest BCUT2D eigenvalue weighted by atomic mass is 10.1. The van der Waals surface area contributed by atoms with Crippen LogP contribution in [0, 0.1) is 10.1 Å². The topological polar surface area (TPSA) is 126 Å². The molecule has 1 fully saturated rings. The van der Waals surface area contributed by atoms with Crippen LogP contribution in [-0.2, 0) is 11.3 Å². The number of aliphatic imine (C=N–C) groups is 1. The lowest BCUT2D eigenvalue weighted by Gasteiger charge is -2.32. The van der Waals surface area contributed by atoms with Gasteiger partial charge < -0.3 is 16.4 Å². The molecule has 1 aliphatic rings. The van der Waals surface area contributed by atoms with Gasteiger partial charge in [-0.3, -0.25) is 19.8 Å². The summed E-state index contributed by atoms with van der Waals surface area (Å²) in [6, 6.07) is 6.76. The van der Waals surface area contributed by atoms with E-state index in [0.29, 0.717) is 19.0 Å². The number of guanidine groups is 1. The van der Waals surface area contributed by atoms with Crippen LogP contribution in [0.2, 0.25) is 0 Å². The third-order valence-electron chi connectivity index (χ3n) is 4.19. The van der Waals surface area contributed by atoms with Crippen LogP contribution in [-0.4, -0.2) is 53.9 Å². The summed E-state index contributed by atoms with van der Waals surface area (Å²) in [6.45, 7) is 4.99. The molecule has 2 rings (SSSR count).